The molecule has 1 aliphatic heterocycles. The van der Waals surface area contributed by atoms with Crippen LogP contribution >= 0.6 is 0 Å². The molecule has 0 aromatic heterocycles. The molecule has 100 valence electrons. The van der Waals surface area contributed by atoms with Crippen LogP contribution < -0.4 is 11.1 Å². The van der Waals surface area contributed by atoms with Gasteiger partial charge < -0.3 is 20.7 Å². The summed E-state index contributed by atoms with van der Waals surface area (Å²) in [4.78, 5) is 13.9. The van der Waals surface area contributed by atoms with Crippen LogP contribution in [0, 0.1) is 0 Å². The van der Waals surface area contributed by atoms with Gasteiger partial charge in [-0.3, -0.25) is 0 Å². The van der Waals surface area contributed by atoms with Gasteiger partial charge >= 0.3 is 6.03 Å². The SMILES string of the molecule is CC(C)(C)NC(=O)N1CC(CN)OC(C)(C)C1. The number of carbonyl (C=O) groups excluding carboxylic acids is 1. The van der Waals surface area contributed by atoms with Gasteiger partial charge in [-0.25, -0.2) is 4.79 Å². The third-order valence-electron chi connectivity index (χ3n) is 2.51. The second-order valence-corrected chi connectivity index (χ2v) is 6.30. The fourth-order valence-corrected chi connectivity index (χ4v) is 1.97. The van der Waals surface area contributed by atoms with Gasteiger partial charge in [0, 0.05) is 18.6 Å². The zero-order valence-electron chi connectivity index (χ0n) is 11.5. The Morgan fingerprint density at radius 1 is 1.53 bits per heavy atom. The lowest BCUT2D eigenvalue weighted by Crippen LogP contribution is -2.60. The predicted octanol–water partition coefficient (Wildman–Crippen LogP) is 0.933. The van der Waals surface area contributed by atoms with Crippen molar-refractivity contribution in [2.45, 2.75) is 51.9 Å². The number of ether oxygens (including phenoxy) is 1. The number of hydrogen-bond acceptors (Lipinski definition) is 3. The Morgan fingerprint density at radius 3 is 2.59 bits per heavy atom. The summed E-state index contributed by atoms with van der Waals surface area (Å²) >= 11 is 0. The number of nitrogens with zero attached hydrogens (tertiary/aromatic N) is 1. The van der Waals surface area contributed by atoms with Crippen molar-refractivity contribution in [2.75, 3.05) is 19.6 Å². The van der Waals surface area contributed by atoms with Crippen LogP contribution in [0.15, 0.2) is 0 Å². The first-order chi connectivity index (χ1) is 7.63. The Morgan fingerprint density at radius 2 is 2.12 bits per heavy atom. The number of carbonyl (C=O) groups is 1. The Labute approximate surface area is 104 Å². The molecule has 17 heavy (non-hydrogen) atoms. The summed E-state index contributed by atoms with van der Waals surface area (Å²) in [6.07, 6.45) is -0.0792. The van der Waals surface area contributed by atoms with Crippen molar-refractivity contribution >= 4 is 6.03 Å². The minimum absolute atomic E-state index is 0.0488. The number of nitrogens with two attached hydrogens (primary N) is 1. The third kappa shape index (κ3) is 4.52. The van der Waals surface area contributed by atoms with E-state index in [2.05, 4.69) is 5.32 Å². The molecule has 1 rings (SSSR count). The minimum atomic E-state index is -0.336. The normalized spacial score (nSPS) is 24.6. The average molecular weight is 243 g/mol. The van der Waals surface area contributed by atoms with E-state index in [-0.39, 0.29) is 23.3 Å². The Hall–Kier alpha value is -0.810. The maximum absolute atomic E-state index is 12.1. The summed E-state index contributed by atoms with van der Waals surface area (Å²) in [6, 6.07) is -0.0488. The highest BCUT2D eigenvalue weighted by Gasteiger charge is 2.35. The fourth-order valence-electron chi connectivity index (χ4n) is 1.97. The van der Waals surface area contributed by atoms with Crippen molar-refractivity contribution in [3.8, 4) is 0 Å². The minimum Gasteiger partial charge on any atom is -0.367 e. The summed E-state index contributed by atoms with van der Waals surface area (Å²) in [7, 11) is 0. The van der Waals surface area contributed by atoms with Gasteiger partial charge in [-0.15, -0.1) is 0 Å². The molecule has 0 aliphatic carbocycles. The summed E-state index contributed by atoms with van der Waals surface area (Å²) in [6.45, 7) is 11.4. The zero-order chi connectivity index (χ0) is 13.3. The molecule has 0 bridgehead atoms. The van der Waals surface area contributed by atoms with E-state index in [1.807, 2.05) is 34.6 Å². The molecule has 5 nitrogen and oxygen atoms in total. The first kappa shape index (κ1) is 14.3. The van der Waals surface area contributed by atoms with Gasteiger partial charge in [-0.2, -0.15) is 0 Å². The summed E-state index contributed by atoms with van der Waals surface area (Å²) < 4.78 is 5.79. The molecule has 0 radical (unpaired) electrons. The molecule has 3 N–H and O–H groups in total. The smallest absolute Gasteiger partial charge is 0.317 e. The number of nitrogens with one attached hydrogen (secondary N) is 1. The lowest BCUT2D eigenvalue weighted by atomic mass is 10.1. The van der Waals surface area contributed by atoms with E-state index in [9.17, 15) is 4.79 Å². The zero-order valence-corrected chi connectivity index (χ0v) is 11.5. The van der Waals surface area contributed by atoms with Crippen LogP contribution in [0.5, 0.6) is 0 Å². The van der Waals surface area contributed by atoms with Gasteiger partial charge in [0.15, 0.2) is 0 Å². The Balaban J connectivity index is 2.67. The quantitative estimate of drug-likeness (QED) is 0.720. The van der Waals surface area contributed by atoms with E-state index in [0.717, 1.165) is 0 Å². The molecular formula is C12H25N3O2. The first-order valence-corrected chi connectivity index (χ1v) is 6.08. The number of amides is 2. The van der Waals surface area contributed by atoms with Crippen LogP contribution in [-0.4, -0.2) is 47.8 Å². The van der Waals surface area contributed by atoms with Crippen molar-refractivity contribution in [1.29, 1.82) is 0 Å². The van der Waals surface area contributed by atoms with Crippen LogP contribution in [0.25, 0.3) is 0 Å². The van der Waals surface area contributed by atoms with Gasteiger partial charge in [-0.05, 0) is 34.6 Å². The highest BCUT2D eigenvalue weighted by molar-refractivity contribution is 5.75. The van der Waals surface area contributed by atoms with Gasteiger partial charge in [0.2, 0.25) is 0 Å². The van der Waals surface area contributed by atoms with Gasteiger partial charge in [0.05, 0.1) is 18.2 Å². The molecular weight excluding hydrogens is 218 g/mol. The van der Waals surface area contributed by atoms with Crippen LogP contribution in [-0.2, 0) is 4.74 Å². The standard InChI is InChI=1S/C12H25N3O2/c1-11(2,3)14-10(16)15-7-9(6-13)17-12(4,5)8-15/h9H,6-8,13H2,1-5H3,(H,14,16). The summed E-state index contributed by atoms with van der Waals surface area (Å²) in [5, 5.41) is 2.96. The molecule has 1 saturated heterocycles. The van der Waals surface area contributed by atoms with Gasteiger partial charge in [0.25, 0.3) is 0 Å². The van der Waals surface area contributed by atoms with Crippen LogP contribution in [0.1, 0.15) is 34.6 Å². The third-order valence-corrected chi connectivity index (χ3v) is 2.51. The molecule has 1 aliphatic rings. The highest BCUT2D eigenvalue weighted by atomic mass is 16.5. The molecule has 0 aromatic rings. The predicted molar refractivity (Wildman–Crippen MR) is 67.9 cm³/mol. The molecule has 1 heterocycles. The maximum atomic E-state index is 12.1. The molecule has 0 spiro atoms. The largest absolute Gasteiger partial charge is 0.367 e. The number of morpholine rings is 1. The van der Waals surface area contributed by atoms with Gasteiger partial charge in [-0.1, -0.05) is 0 Å². The summed E-state index contributed by atoms with van der Waals surface area (Å²) in [5.41, 5.74) is 5.07. The van der Waals surface area contributed by atoms with Crippen molar-refractivity contribution < 1.29 is 9.53 Å². The second-order valence-electron chi connectivity index (χ2n) is 6.30. The monoisotopic (exact) mass is 243 g/mol. The van der Waals surface area contributed by atoms with Crippen molar-refractivity contribution in [3.63, 3.8) is 0 Å². The van der Waals surface area contributed by atoms with Crippen LogP contribution in [0.3, 0.4) is 0 Å². The van der Waals surface area contributed by atoms with Crippen molar-refractivity contribution in [1.82, 2.24) is 10.2 Å². The Bertz CT molecular complexity index is 284. The lowest BCUT2D eigenvalue weighted by Gasteiger charge is -2.43. The number of hydrogen-bond donors (Lipinski definition) is 2. The molecule has 0 saturated carbocycles. The van der Waals surface area contributed by atoms with Gasteiger partial charge in [0.1, 0.15) is 0 Å². The molecule has 0 aromatic carbocycles. The van der Waals surface area contributed by atoms with Crippen molar-refractivity contribution in [2.24, 2.45) is 5.73 Å². The summed E-state index contributed by atoms with van der Waals surface area (Å²) in [5.74, 6) is 0. The van der Waals surface area contributed by atoms with E-state index in [1.165, 1.54) is 0 Å². The lowest BCUT2D eigenvalue weighted by molar-refractivity contribution is -0.120. The topological polar surface area (TPSA) is 67.6 Å². The first-order valence-electron chi connectivity index (χ1n) is 6.08. The Kier molecular flexibility index (Phi) is 4.04. The van der Waals surface area contributed by atoms with E-state index in [0.29, 0.717) is 19.6 Å². The van der Waals surface area contributed by atoms with E-state index in [4.69, 9.17) is 10.5 Å². The molecule has 1 fully saturated rings. The highest BCUT2D eigenvalue weighted by Crippen LogP contribution is 2.20. The maximum Gasteiger partial charge on any atom is 0.317 e. The van der Waals surface area contributed by atoms with E-state index < -0.39 is 0 Å². The van der Waals surface area contributed by atoms with Crippen molar-refractivity contribution in [3.05, 3.63) is 0 Å². The van der Waals surface area contributed by atoms with E-state index >= 15 is 0 Å². The molecule has 1 unspecified atom stereocenters. The number of rotatable bonds is 1. The fraction of sp³-hybridized carbons (Fsp3) is 0.917. The van der Waals surface area contributed by atoms with Crippen LogP contribution in [0.4, 0.5) is 4.79 Å². The molecule has 1 atom stereocenters. The second kappa shape index (κ2) is 4.82. The molecule has 2 amide bonds. The van der Waals surface area contributed by atoms with E-state index in [1.54, 1.807) is 4.90 Å². The average Bonchev–Trinajstić information content (AvgIpc) is 2.12. The number of urea groups is 1. The molecule has 5 heteroatoms. The van der Waals surface area contributed by atoms with Crippen LogP contribution in [0.2, 0.25) is 0 Å².